The SMILES string of the molecule is CCCOc1ccc(C=NNc2nc(CC(=O)OCC)cs2)cc1C. The smallest absolute Gasteiger partial charge is 0.311 e. The molecule has 0 saturated heterocycles. The number of esters is 1. The number of carbonyl (C=O) groups is 1. The van der Waals surface area contributed by atoms with Gasteiger partial charge in [-0.25, -0.2) is 4.98 Å². The largest absolute Gasteiger partial charge is 0.493 e. The first-order chi connectivity index (χ1) is 12.1. The van der Waals surface area contributed by atoms with Gasteiger partial charge in [0.1, 0.15) is 5.75 Å². The summed E-state index contributed by atoms with van der Waals surface area (Å²) < 4.78 is 10.6. The highest BCUT2D eigenvalue weighted by Gasteiger charge is 2.07. The molecule has 134 valence electrons. The second-order valence-electron chi connectivity index (χ2n) is 5.37. The normalized spacial score (nSPS) is 10.8. The molecule has 6 nitrogen and oxygen atoms in total. The second kappa shape index (κ2) is 9.78. The molecule has 1 aromatic heterocycles. The molecule has 0 bridgehead atoms. The Morgan fingerprint density at radius 1 is 1.40 bits per heavy atom. The van der Waals surface area contributed by atoms with Crippen LogP contribution in [0.4, 0.5) is 5.13 Å². The summed E-state index contributed by atoms with van der Waals surface area (Å²) in [6.07, 6.45) is 2.88. The van der Waals surface area contributed by atoms with Crippen molar-refractivity contribution in [2.24, 2.45) is 5.10 Å². The molecule has 1 aromatic carbocycles. The van der Waals surface area contributed by atoms with Gasteiger partial charge in [-0.15, -0.1) is 11.3 Å². The minimum Gasteiger partial charge on any atom is -0.493 e. The van der Waals surface area contributed by atoms with Crippen LogP contribution in [0.2, 0.25) is 0 Å². The van der Waals surface area contributed by atoms with Gasteiger partial charge in [0, 0.05) is 5.38 Å². The molecule has 0 aliphatic rings. The third kappa shape index (κ3) is 6.19. The first-order valence-electron chi connectivity index (χ1n) is 8.25. The maximum atomic E-state index is 11.4. The van der Waals surface area contributed by atoms with E-state index in [4.69, 9.17) is 9.47 Å². The maximum Gasteiger partial charge on any atom is 0.311 e. The van der Waals surface area contributed by atoms with E-state index in [9.17, 15) is 4.79 Å². The highest BCUT2D eigenvalue weighted by Crippen LogP contribution is 2.19. The topological polar surface area (TPSA) is 72.8 Å². The van der Waals surface area contributed by atoms with Gasteiger partial charge >= 0.3 is 5.97 Å². The summed E-state index contributed by atoms with van der Waals surface area (Å²) >= 11 is 1.40. The molecule has 0 spiro atoms. The predicted molar refractivity (Wildman–Crippen MR) is 101 cm³/mol. The number of hydrogen-bond acceptors (Lipinski definition) is 7. The second-order valence-corrected chi connectivity index (χ2v) is 6.23. The van der Waals surface area contributed by atoms with E-state index >= 15 is 0 Å². The first kappa shape index (κ1) is 18.9. The standard InChI is InChI=1S/C18H23N3O3S/c1-4-8-24-16-7-6-14(9-13(16)3)11-19-21-18-20-15(12-25-18)10-17(22)23-5-2/h6-7,9,11-12H,4-5,8,10H2,1-3H3,(H,20,21). The number of rotatable bonds is 9. The first-order valence-corrected chi connectivity index (χ1v) is 9.12. The van der Waals surface area contributed by atoms with Crippen molar-refractivity contribution < 1.29 is 14.3 Å². The lowest BCUT2D eigenvalue weighted by atomic mass is 10.1. The summed E-state index contributed by atoms with van der Waals surface area (Å²) in [6.45, 7) is 6.97. The summed E-state index contributed by atoms with van der Waals surface area (Å²) in [6, 6.07) is 5.93. The van der Waals surface area contributed by atoms with Crippen molar-refractivity contribution in [1.29, 1.82) is 0 Å². The van der Waals surface area contributed by atoms with Gasteiger partial charge in [0.05, 0.1) is 31.5 Å². The fourth-order valence-electron chi connectivity index (χ4n) is 2.09. The van der Waals surface area contributed by atoms with Crippen molar-refractivity contribution in [1.82, 2.24) is 4.98 Å². The minimum absolute atomic E-state index is 0.175. The van der Waals surface area contributed by atoms with Crippen LogP contribution < -0.4 is 10.2 Å². The molecule has 0 saturated carbocycles. The lowest BCUT2D eigenvalue weighted by Gasteiger charge is -2.08. The van der Waals surface area contributed by atoms with Crippen LogP contribution in [0.15, 0.2) is 28.7 Å². The molecule has 7 heteroatoms. The van der Waals surface area contributed by atoms with Crippen LogP contribution >= 0.6 is 11.3 Å². The zero-order chi connectivity index (χ0) is 18.1. The Balaban J connectivity index is 1.89. The molecule has 0 aliphatic heterocycles. The Morgan fingerprint density at radius 2 is 2.24 bits per heavy atom. The molecule has 2 aromatic rings. The fourth-order valence-corrected chi connectivity index (χ4v) is 2.75. The number of benzene rings is 1. The Kier molecular flexibility index (Phi) is 7.40. The number of hydrogen-bond donors (Lipinski definition) is 1. The van der Waals surface area contributed by atoms with Crippen LogP contribution in [0, 0.1) is 6.92 Å². The van der Waals surface area contributed by atoms with E-state index in [1.54, 1.807) is 13.1 Å². The molecule has 0 radical (unpaired) electrons. The number of thiazole rings is 1. The van der Waals surface area contributed by atoms with Gasteiger partial charge in [0.2, 0.25) is 5.13 Å². The molecule has 1 N–H and O–H groups in total. The molecule has 0 aliphatic carbocycles. The average Bonchev–Trinajstić information content (AvgIpc) is 3.01. The van der Waals surface area contributed by atoms with Crippen molar-refractivity contribution >= 4 is 28.7 Å². The molecular formula is C18H23N3O3S. The van der Waals surface area contributed by atoms with Gasteiger partial charge < -0.3 is 9.47 Å². The Labute approximate surface area is 151 Å². The zero-order valence-corrected chi connectivity index (χ0v) is 15.6. The van der Waals surface area contributed by atoms with Crippen molar-refractivity contribution in [3.63, 3.8) is 0 Å². The summed E-state index contributed by atoms with van der Waals surface area (Å²) in [5, 5.41) is 6.64. The van der Waals surface area contributed by atoms with Gasteiger partial charge in [-0.05, 0) is 49.6 Å². The monoisotopic (exact) mass is 361 g/mol. The molecule has 0 amide bonds. The van der Waals surface area contributed by atoms with Crippen molar-refractivity contribution in [3.8, 4) is 5.75 Å². The number of anilines is 1. The molecular weight excluding hydrogens is 338 g/mol. The molecule has 25 heavy (non-hydrogen) atoms. The lowest BCUT2D eigenvalue weighted by Crippen LogP contribution is -2.07. The van der Waals surface area contributed by atoms with Gasteiger partial charge in [-0.1, -0.05) is 6.92 Å². The van der Waals surface area contributed by atoms with E-state index in [0.29, 0.717) is 24.0 Å². The number of nitrogens with zero attached hydrogens (tertiary/aromatic N) is 2. The number of aryl methyl sites for hydroxylation is 1. The molecule has 0 fully saturated rings. The number of hydrazone groups is 1. The molecule has 2 rings (SSSR count). The van der Waals surface area contributed by atoms with E-state index in [0.717, 1.165) is 23.3 Å². The number of nitrogens with one attached hydrogen (secondary N) is 1. The zero-order valence-electron chi connectivity index (χ0n) is 14.7. The molecule has 0 unspecified atom stereocenters. The number of carbonyl (C=O) groups excluding carboxylic acids is 1. The van der Waals surface area contributed by atoms with E-state index in [1.165, 1.54) is 11.3 Å². The highest BCUT2D eigenvalue weighted by atomic mass is 32.1. The van der Waals surface area contributed by atoms with Crippen molar-refractivity contribution in [2.45, 2.75) is 33.6 Å². The Hall–Kier alpha value is -2.41. The Morgan fingerprint density at radius 3 is 2.96 bits per heavy atom. The van der Waals surface area contributed by atoms with Gasteiger partial charge in [-0.2, -0.15) is 5.10 Å². The summed E-state index contributed by atoms with van der Waals surface area (Å²) in [5.41, 5.74) is 5.60. The highest BCUT2D eigenvalue weighted by molar-refractivity contribution is 7.13. The van der Waals surface area contributed by atoms with Crippen molar-refractivity contribution in [3.05, 3.63) is 40.4 Å². The van der Waals surface area contributed by atoms with Crippen LogP contribution in [-0.2, 0) is 16.0 Å². The van der Waals surface area contributed by atoms with E-state index in [1.807, 2.05) is 30.5 Å². The van der Waals surface area contributed by atoms with E-state index < -0.39 is 0 Å². The van der Waals surface area contributed by atoms with Crippen LogP contribution in [0.3, 0.4) is 0 Å². The van der Waals surface area contributed by atoms with Crippen LogP contribution in [0.5, 0.6) is 5.75 Å². The van der Waals surface area contributed by atoms with E-state index in [-0.39, 0.29) is 12.4 Å². The Bertz CT molecular complexity index is 728. The number of ether oxygens (including phenoxy) is 2. The van der Waals surface area contributed by atoms with Gasteiger partial charge in [0.25, 0.3) is 0 Å². The molecule has 0 atom stereocenters. The average molecular weight is 361 g/mol. The third-order valence-corrected chi connectivity index (χ3v) is 4.01. The summed E-state index contributed by atoms with van der Waals surface area (Å²) in [5.74, 6) is 0.624. The maximum absolute atomic E-state index is 11.4. The van der Waals surface area contributed by atoms with Crippen LogP contribution in [0.1, 0.15) is 37.1 Å². The van der Waals surface area contributed by atoms with E-state index in [2.05, 4.69) is 22.4 Å². The summed E-state index contributed by atoms with van der Waals surface area (Å²) in [7, 11) is 0. The molecule has 1 heterocycles. The fraction of sp³-hybridized carbons (Fsp3) is 0.389. The quantitative estimate of drug-likeness (QED) is 0.418. The predicted octanol–water partition coefficient (Wildman–Crippen LogP) is 3.79. The third-order valence-electron chi connectivity index (χ3n) is 3.22. The summed E-state index contributed by atoms with van der Waals surface area (Å²) in [4.78, 5) is 15.7. The minimum atomic E-state index is -0.274. The van der Waals surface area contributed by atoms with Crippen LogP contribution in [-0.4, -0.2) is 30.4 Å². The lowest BCUT2D eigenvalue weighted by molar-refractivity contribution is -0.142. The van der Waals surface area contributed by atoms with Gasteiger partial charge in [0.15, 0.2) is 0 Å². The van der Waals surface area contributed by atoms with Crippen LogP contribution in [0.25, 0.3) is 0 Å². The van der Waals surface area contributed by atoms with Gasteiger partial charge in [-0.3, -0.25) is 10.2 Å². The van der Waals surface area contributed by atoms with Crippen molar-refractivity contribution in [2.75, 3.05) is 18.6 Å². The number of aromatic nitrogens is 1.